The van der Waals surface area contributed by atoms with Crippen LogP contribution in [0.2, 0.25) is 0 Å². The Morgan fingerprint density at radius 2 is 2.00 bits per heavy atom. The van der Waals surface area contributed by atoms with Crippen LogP contribution in [0.1, 0.15) is 22.3 Å². The van der Waals surface area contributed by atoms with Crippen LogP contribution in [0.5, 0.6) is 0 Å². The number of aryl methyl sites for hydroxylation is 2. The second-order valence-corrected chi connectivity index (χ2v) is 7.57. The minimum absolute atomic E-state index is 0.0574. The lowest BCUT2D eigenvalue weighted by atomic mass is 9.94. The van der Waals surface area contributed by atoms with E-state index in [0.29, 0.717) is 0 Å². The van der Waals surface area contributed by atoms with E-state index in [0.717, 1.165) is 47.1 Å². The van der Waals surface area contributed by atoms with Crippen LogP contribution in [0, 0.1) is 6.92 Å². The van der Waals surface area contributed by atoms with Gasteiger partial charge in [0, 0.05) is 61.8 Å². The summed E-state index contributed by atoms with van der Waals surface area (Å²) in [6.45, 7) is 3.65. The van der Waals surface area contributed by atoms with Gasteiger partial charge in [0.1, 0.15) is 0 Å². The van der Waals surface area contributed by atoms with Crippen LogP contribution < -0.4 is 16.2 Å². The predicted octanol–water partition coefficient (Wildman–Crippen LogP) is 3.41. The van der Waals surface area contributed by atoms with Crippen molar-refractivity contribution in [3.8, 4) is 0 Å². The molecule has 0 unspecified atom stereocenters. The van der Waals surface area contributed by atoms with Gasteiger partial charge in [0.2, 0.25) is 0 Å². The highest BCUT2D eigenvalue weighted by molar-refractivity contribution is 6.09. The predicted molar refractivity (Wildman–Crippen MR) is 122 cm³/mol. The normalized spacial score (nSPS) is 14.6. The number of hydrogen-bond acceptors (Lipinski definition) is 4. The van der Waals surface area contributed by atoms with E-state index in [1.54, 1.807) is 24.0 Å². The number of aliphatic imine (C=N–C) groups is 1. The number of hydrogen-bond donors (Lipinski definition) is 1. The van der Waals surface area contributed by atoms with Crippen LogP contribution in [0.4, 0.5) is 5.69 Å². The zero-order chi connectivity index (χ0) is 20.5. The second kappa shape index (κ2) is 7.59. The maximum absolute atomic E-state index is 12.3. The molecule has 2 heterocycles. The average molecular weight is 386 g/mol. The first-order valence-electron chi connectivity index (χ1n) is 9.84. The lowest BCUT2D eigenvalue weighted by Crippen LogP contribution is -2.31. The van der Waals surface area contributed by atoms with Crippen LogP contribution >= 0.6 is 0 Å². The summed E-state index contributed by atoms with van der Waals surface area (Å²) in [4.78, 5) is 18.8. The highest BCUT2D eigenvalue weighted by Gasteiger charge is 2.20. The van der Waals surface area contributed by atoms with Gasteiger partial charge in [0.25, 0.3) is 5.56 Å². The number of benzene rings is 2. The average Bonchev–Trinajstić information content (AvgIpc) is 2.75. The Morgan fingerprint density at radius 1 is 1.17 bits per heavy atom. The summed E-state index contributed by atoms with van der Waals surface area (Å²) in [5.74, 6) is 0. The Hall–Kier alpha value is -3.34. The molecule has 0 aliphatic carbocycles. The fraction of sp³-hybridized carbons (Fsp3) is 0.250. The largest absolute Gasteiger partial charge is 0.404 e. The van der Waals surface area contributed by atoms with E-state index in [-0.39, 0.29) is 5.56 Å². The van der Waals surface area contributed by atoms with Crippen LogP contribution in [0.3, 0.4) is 0 Å². The van der Waals surface area contributed by atoms with Crippen molar-refractivity contribution in [2.45, 2.75) is 19.9 Å². The molecule has 5 heteroatoms. The van der Waals surface area contributed by atoms with E-state index in [2.05, 4.69) is 34.2 Å². The fourth-order valence-electron chi connectivity index (χ4n) is 4.20. The van der Waals surface area contributed by atoms with Crippen molar-refractivity contribution in [3.05, 3.63) is 81.3 Å². The summed E-state index contributed by atoms with van der Waals surface area (Å²) in [7, 11) is 3.59. The Kier molecular flexibility index (Phi) is 4.97. The molecule has 0 spiro atoms. The van der Waals surface area contributed by atoms with E-state index < -0.39 is 0 Å². The quantitative estimate of drug-likeness (QED) is 0.702. The van der Waals surface area contributed by atoms with Crippen molar-refractivity contribution in [2.75, 3.05) is 18.5 Å². The molecule has 1 aliphatic rings. The molecule has 2 aromatic carbocycles. The first-order valence-corrected chi connectivity index (χ1v) is 9.84. The third-order valence-corrected chi connectivity index (χ3v) is 5.76. The summed E-state index contributed by atoms with van der Waals surface area (Å²) in [6, 6.07) is 14.7. The number of pyridine rings is 1. The van der Waals surface area contributed by atoms with Crippen molar-refractivity contribution in [1.82, 2.24) is 4.57 Å². The van der Waals surface area contributed by atoms with Crippen LogP contribution in [0.15, 0.2) is 58.5 Å². The van der Waals surface area contributed by atoms with Crippen LogP contribution in [0.25, 0.3) is 16.5 Å². The zero-order valence-electron chi connectivity index (χ0n) is 17.1. The molecule has 29 heavy (non-hydrogen) atoms. The molecule has 0 radical (unpaired) electrons. The Morgan fingerprint density at radius 3 is 2.76 bits per heavy atom. The Bertz CT molecular complexity index is 1200. The first kappa shape index (κ1) is 19.0. The number of allylic oxidation sites excluding steroid dienone is 1. The third-order valence-electron chi connectivity index (χ3n) is 5.76. The zero-order valence-corrected chi connectivity index (χ0v) is 17.1. The summed E-state index contributed by atoms with van der Waals surface area (Å²) in [5, 5.41) is 1.12. The molecule has 1 aliphatic heterocycles. The highest BCUT2D eigenvalue weighted by atomic mass is 16.1. The monoisotopic (exact) mass is 386 g/mol. The van der Waals surface area contributed by atoms with E-state index in [1.165, 1.54) is 16.8 Å². The van der Waals surface area contributed by atoms with Gasteiger partial charge < -0.3 is 15.2 Å². The molecule has 0 saturated heterocycles. The van der Waals surface area contributed by atoms with Gasteiger partial charge in [0.15, 0.2) is 0 Å². The van der Waals surface area contributed by atoms with Gasteiger partial charge in [-0.15, -0.1) is 0 Å². The number of anilines is 1. The molecule has 0 amide bonds. The van der Waals surface area contributed by atoms with Gasteiger partial charge in [0.05, 0.1) is 5.52 Å². The third kappa shape index (κ3) is 3.33. The molecule has 1 aromatic heterocycles. The van der Waals surface area contributed by atoms with Gasteiger partial charge in [-0.05, 0) is 54.3 Å². The Balaban J connectivity index is 1.76. The van der Waals surface area contributed by atoms with Crippen molar-refractivity contribution in [3.63, 3.8) is 0 Å². The molecule has 0 saturated carbocycles. The van der Waals surface area contributed by atoms with Gasteiger partial charge in [-0.25, -0.2) is 0 Å². The van der Waals surface area contributed by atoms with E-state index in [9.17, 15) is 4.79 Å². The van der Waals surface area contributed by atoms with E-state index in [1.807, 2.05) is 32.2 Å². The SMILES string of the molecule is CN=C/C(=C\N)c1ccc2c(c1)CN(c1cccc3c1cc(C)c(=O)n3C)CC2. The molecule has 2 N–H and O–H groups in total. The molecule has 0 bridgehead atoms. The number of aromatic nitrogens is 1. The molecule has 3 aromatic rings. The topological polar surface area (TPSA) is 63.6 Å². The number of nitrogens with zero attached hydrogens (tertiary/aromatic N) is 3. The standard InChI is InChI=1S/C24H26N4O/c1-16-11-21-22(27(3)24(16)29)5-4-6-23(21)28-10-9-17-7-8-18(12-19(17)15-28)20(13-25)14-26-2/h4-8,11-14H,9-10,15,25H2,1-3H3/b20-13+,26-14?. The van der Waals surface area contributed by atoms with Gasteiger partial charge in [-0.3, -0.25) is 9.79 Å². The molecule has 4 rings (SSSR count). The Labute approximate surface area is 170 Å². The van der Waals surface area contributed by atoms with Crippen molar-refractivity contribution in [1.29, 1.82) is 0 Å². The van der Waals surface area contributed by atoms with E-state index >= 15 is 0 Å². The lowest BCUT2D eigenvalue weighted by Gasteiger charge is -2.32. The minimum atomic E-state index is 0.0574. The lowest BCUT2D eigenvalue weighted by molar-refractivity contribution is 0.733. The van der Waals surface area contributed by atoms with Crippen molar-refractivity contribution in [2.24, 2.45) is 17.8 Å². The van der Waals surface area contributed by atoms with Crippen LogP contribution in [-0.2, 0) is 20.0 Å². The number of nitrogens with two attached hydrogens (primary N) is 1. The fourth-order valence-corrected chi connectivity index (χ4v) is 4.20. The van der Waals surface area contributed by atoms with Crippen LogP contribution in [-0.4, -0.2) is 24.4 Å². The molecular weight excluding hydrogens is 360 g/mol. The van der Waals surface area contributed by atoms with Crippen molar-refractivity contribution < 1.29 is 0 Å². The molecular formula is C24H26N4O. The molecule has 5 nitrogen and oxygen atoms in total. The molecule has 148 valence electrons. The maximum Gasteiger partial charge on any atom is 0.253 e. The summed E-state index contributed by atoms with van der Waals surface area (Å²) in [6.07, 6.45) is 4.37. The summed E-state index contributed by atoms with van der Waals surface area (Å²) in [5.41, 5.74) is 13.4. The molecule has 0 atom stereocenters. The number of rotatable bonds is 3. The molecule has 0 fully saturated rings. The van der Waals surface area contributed by atoms with Crippen molar-refractivity contribution >= 4 is 28.4 Å². The van der Waals surface area contributed by atoms with E-state index in [4.69, 9.17) is 5.73 Å². The summed E-state index contributed by atoms with van der Waals surface area (Å²) >= 11 is 0. The maximum atomic E-state index is 12.3. The van der Waals surface area contributed by atoms with Gasteiger partial charge >= 0.3 is 0 Å². The minimum Gasteiger partial charge on any atom is -0.404 e. The smallest absolute Gasteiger partial charge is 0.253 e. The van der Waals surface area contributed by atoms with Gasteiger partial charge in [-0.1, -0.05) is 18.2 Å². The highest BCUT2D eigenvalue weighted by Crippen LogP contribution is 2.31. The first-order chi connectivity index (χ1) is 14.0. The number of fused-ring (bicyclic) bond motifs is 2. The second-order valence-electron chi connectivity index (χ2n) is 7.57. The van der Waals surface area contributed by atoms with Gasteiger partial charge in [-0.2, -0.15) is 0 Å². The summed E-state index contributed by atoms with van der Waals surface area (Å²) < 4.78 is 1.74.